The van der Waals surface area contributed by atoms with Crippen molar-refractivity contribution < 1.29 is 12.8 Å². The van der Waals surface area contributed by atoms with E-state index in [9.17, 15) is 12.8 Å². The van der Waals surface area contributed by atoms with Gasteiger partial charge in [-0.25, -0.2) is 12.8 Å². The molecule has 0 atom stereocenters. The highest BCUT2D eigenvalue weighted by Gasteiger charge is 2.19. The van der Waals surface area contributed by atoms with E-state index in [0.717, 1.165) is 26.2 Å². The van der Waals surface area contributed by atoms with Gasteiger partial charge in [0.25, 0.3) is 0 Å². The summed E-state index contributed by atoms with van der Waals surface area (Å²) in [6.07, 6.45) is 1.25. The van der Waals surface area contributed by atoms with Gasteiger partial charge in [0.15, 0.2) is 0 Å². The first-order chi connectivity index (χ1) is 8.96. The van der Waals surface area contributed by atoms with Crippen molar-refractivity contribution in [3.8, 4) is 0 Å². The minimum Gasteiger partial charge on any atom is -0.367 e. The fourth-order valence-corrected chi connectivity index (χ4v) is 2.81. The monoisotopic (exact) mass is 286 g/mol. The maximum absolute atomic E-state index is 13.6. The maximum atomic E-state index is 13.6. The molecule has 0 amide bonds. The quantitative estimate of drug-likeness (QED) is 0.828. The SMILES string of the molecule is CS(=O)(=O)CCN1CCN(c2ccccc2F)CC1. The third-order valence-electron chi connectivity index (χ3n) is 3.34. The summed E-state index contributed by atoms with van der Waals surface area (Å²) in [5.41, 5.74) is 0.630. The summed E-state index contributed by atoms with van der Waals surface area (Å²) in [6, 6.07) is 6.75. The number of hydrogen-bond donors (Lipinski definition) is 0. The molecule has 1 aliphatic heterocycles. The smallest absolute Gasteiger partial charge is 0.148 e. The van der Waals surface area contributed by atoms with Gasteiger partial charge in [0.2, 0.25) is 0 Å². The summed E-state index contributed by atoms with van der Waals surface area (Å²) in [4.78, 5) is 4.12. The zero-order valence-electron chi connectivity index (χ0n) is 11.0. The van der Waals surface area contributed by atoms with Crippen molar-refractivity contribution in [2.45, 2.75) is 0 Å². The van der Waals surface area contributed by atoms with Crippen molar-refractivity contribution in [3.63, 3.8) is 0 Å². The molecule has 6 heteroatoms. The molecule has 4 nitrogen and oxygen atoms in total. The Hall–Kier alpha value is -1.14. The zero-order valence-corrected chi connectivity index (χ0v) is 11.9. The lowest BCUT2D eigenvalue weighted by atomic mass is 10.2. The number of rotatable bonds is 4. The summed E-state index contributed by atoms with van der Waals surface area (Å²) in [5, 5.41) is 0. The highest BCUT2D eigenvalue weighted by Crippen LogP contribution is 2.19. The molecule has 0 radical (unpaired) electrons. The highest BCUT2D eigenvalue weighted by molar-refractivity contribution is 7.90. The molecule has 0 unspecified atom stereocenters. The van der Waals surface area contributed by atoms with Crippen LogP contribution >= 0.6 is 0 Å². The Morgan fingerprint density at radius 3 is 2.37 bits per heavy atom. The fraction of sp³-hybridized carbons (Fsp3) is 0.538. The molecule has 0 spiro atoms. The van der Waals surface area contributed by atoms with E-state index in [1.165, 1.54) is 12.3 Å². The summed E-state index contributed by atoms with van der Waals surface area (Å²) < 4.78 is 35.9. The summed E-state index contributed by atoms with van der Waals surface area (Å²) in [6.45, 7) is 3.55. The predicted octanol–water partition coefficient (Wildman–Crippen LogP) is 0.992. The van der Waals surface area contributed by atoms with E-state index < -0.39 is 9.84 Å². The normalized spacial score (nSPS) is 17.7. The van der Waals surface area contributed by atoms with E-state index in [4.69, 9.17) is 0 Å². The topological polar surface area (TPSA) is 40.6 Å². The van der Waals surface area contributed by atoms with E-state index in [-0.39, 0.29) is 11.6 Å². The highest BCUT2D eigenvalue weighted by atomic mass is 32.2. The molecule has 106 valence electrons. The molecule has 1 fully saturated rings. The molecule has 1 saturated heterocycles. The van der Waals surface area contributed by atoms with Gasteiger partial charge < -0.3 is 4.90 Å². The van der Waals surface area contributed by atoms with Gasteiger partial charge in [0.1, 0.15) is 15.7 Å². The lowest BCUT2D eigenvalue weighted by molar-refractivity contribution is 0.271. The number of anilines is 1. The lowest BCUT2D eigenvalue weighted by Gasteiger charge is -2.36. The van der Waals surface area contributed by atoms with Gasteiger partial charge in [-0.15, -0.1) is 0 Å². The van der Waals surface area contributed by atoms with E-state index in [1.807, 2.05) is 11.0 Å². The van der Waals surface area contributed by atoms with Crippen molar-refractivity contribution in [3.05, 3.63) is 30.1 Å². The Morgan fingerprint density at radius 2 is 1.79 bits per heavy atom. The lowest BCUT2D eigenvalue weighted by Crippen LogP contribution is -2.47. The largest absolute Gasteiger partial charge is 0.367 e. The molecule has 0 N–H and O–H groups in total. The third kappa shape index (κ3) is 4.18. The molecule has 0 saturated carbocycles. The van der Waals surface area contributed by atoms with Crippen LogP contribution in [0, 0.1) is 5.82 Å². The predicted molar refractivity (Wildman–Crippen MR) is 74.8 cm³/mol. The summed E-state index contributed by atoms with van der Waals surface area (Å²) in [5.74, 6) is -0.0146. The van der Waals surface area contributed by atoms with Gasteiger partial charge in [0.05, 0.1) is 11.4 Å². The van der Waals surface area contributed by atoms with Crippen molar-refractivity contribution in [1.29, 1.82) is 0 Å². The van der Waals surface area contributed by atoms with Crippen molar-refractivity contribution in [1.82, 2.24) is 4.90 Å². The van der Waals surface area contributed by atoms with Crippen LogP contribution in [0.1, 0.15) is 0 Å². The summed E-state index contributed by atoms with van der Waals surface area (Å²) >= 11 is 0. The van der Waals surface area contributed by atoms with Crippen LogP contribution in [0.15, 0.2) is 24.3 Å². The molecule has 19 heavy (non-hydrogen) atoms. The van der Waals surface area contributed by atoms with E-state index in [1.54, 1.807) is 12.1 Å². The van der Waals surface area contributed by atoms with Crippen LogP contribution in [-0.2, 0) is 9.84 Å². The number of hydrogen-bond acceptors (Lipinski definition) is 4. The Labute approximate surface area is 113 Å². The molecule has 1 aliphatic rings. The summed E-state index contributed by atoms with van der Waals surface area (Å²) in [7, 11) is -2.91. The van der Waals surface area contributed by atoms with Gasteiger partial charge in [0, 0.05) is 39.0 Å². The molecular weight excluding hydrogens is 267 g/mol. The van der Waals surface area contributed by atoms with Crippen molar-refractivity contribution in [2.24, 2.45) is 0 Å². The fourth-order valence-electron chi connectivity index (χ4n) is 2.22. The van der Waals surface area contributed by atoms with Crippen LogP contribution in [0.2, 0.25) is 0 Å². The van der Waals surface area contributed by atoms with Gasteiger partial charge in [-0.3, -0.25) is 4.90 Å². The first-order valence-corrected chi connectivity index (χ1v) is 8.41. The Morgan fingerprint density at radius 1 is 1.16 bits per heavy atom. The van der Waals surface area contributed by atoms with Crippen molar-refractivity contribution >= 4 is 15.5 Å². The second-order valence-corrected chi connectivity index (χ2v) is 7.17. The first-order valence-electron chi connectivity index (χ1n) is 6.35. The molecule has 1 heterocycles. The van der Waals surface area contributed by atoms with Gasteiger partial charge in [-0.05, 0) is 12.1 Å². The minimum atomic E-state index is -2.91. The Balaban J connectivity index is 1.88. The Bertz CT molecular complexity index is 525. The number of piperazine rings is 1. The molecule has 0 aliphatic carbocycles. The standard InChI is InChI=1S/C13H19FN2O2S/c1-19(17,18)11-10-15-6-8-16(9-7-15)13-5-3-2-4-12(13)14/h2-5H,6-11H2,1H3. The van der Waals surface area contributed by atoms with E-state index >= 15 is 0 Å². The first kappa shape index (κ1) is 14.3. The molecule has 1 aromatic rings. The van der Waals surface area contributed by atoms with Crippen LogP contribution in [0.5, 0.6) is 0 Å². The molecule has 2 rings (SSSR count). The number of para-hydroxylation sites is 1. The van der Waals surface area contributed by atoms with Crippen LogP contribution < -0.4 is 4.90 Å². The van der Waals surface area contributed by atoms with Gasteiger partial charge in [-0.1, -0.05) is 12.1 Å². The Kier molecular flexibility index (Phi) is 4.42. The average molecular weight is 286 g/mol. The van der Waals surface area contributed by atoms with Gasteiger partial charge in [-0.2, -0.15) is 0 Å². The number of benzene rings is 1. The second-order valence-electron chi connectivity index (χ2n) is 4.91. The van der Waals surface area contributed by atoms with Crippen LogP contribution in [0.25, 0.3) is 0 Å². The number of sulfone groups is 1. The minimum absolute atomic E-state index is 0.187. The maximum Gasteiger partial charge on any atom is 0.148 e. The zero-order chi connectivity index (χ0) is 13.9. The van der Waals surface area contributed by atoms with Crippen LogP contribution in [0.4, 0.5) is 10.1 Å². The van der Waals surface area contributed by atoms with Gasteiger partial charge >= 0.3 is 0 Å². The molecule has 1 aromatic carbocycles. The molecular formula is C13H19FN2O2S. The van der Waals surface area contributed by atoms with Crippen molar-refractivity contribution in [2.75, 3.05) is 49.6 Å². The van der Waals surface area contributed by atoms with E-state index in [2.05, 4.69) is 4.90 Å². The van der Waals surface area contributed by atoms with Crippen LogP contribution in [0.3, 0.4) is 0 Å². The third-order valence-corrected chi connectivity index (χ3v) is 4.27. The number of halogens is 1. The number of nitrogens with zero attached hydrogens (tertiary/aromatic N) is 2. The van der Waals surface area contributed by atoms with E-state index in [0.29, 0.717) is 12.2 Å². The average Bonchev–Trinajstić information content (AvgIpc) is 2.37. The second kappa shape index (κ2) is 5.88. The molecule has 0 aromatic heterocycles. The van der Waals surface area contributed by atoms with Crippen LogP contribution in [-0.4, -0.2) is 58.1 Å². The molecule has 0 bridgehead atoms.